The van der Waals surface area contributed by atoms with Crippen LogP contribution >= 0.6 is 0 Å². The Kier molecular flexibility index (Phi) is 5.89. The number of hydrogen-bond donors (Lipinski definition) is 1. The standard InChI is InChI=1S/C27H26N4O2/c1-3-4-6-19-11-15-21(16-12-19)25-29-31-27(33-25)23-8-5-7-22(17-23)26-30-28-24(32-26)20-13-9-18(2)10-14-20/h5,7-17,24,28H,3-4,6H2,1-2H3. The van der Waals surface area contributed by atoms with Crippen LogP contribution in [0.25, 0.3) is 22.9 Å². The molecule has 6 nitrogen and oxygen atoms in total. The molecule has 0 aliphatic carbocycles. The van der Waals surface area contributed by atoms with Crippen molar-refractivity contribution in [3.05, 3.63) is 95.1 Å². The monoisotopic (exact) mass is 438 g/mol. The molecule has 1 N–H and O–H groups in total. The molecule has 1 aliphatic heterocycles. The maximum atomic E-state index is 6.05. The zero-order valence-corrected chi connectivity index (χ0v) is 18.8. The molecule has 1 aliphatic rings. The van der Waals surface area contributed by atoms with Gasteiger partial charge in [-0.1, -0.05) is 61.4 Å². The maximum Gasteiger partial charge on any atom is 0.248 e. The molecule has 1 atom stereocenters. The van der Waals surface area contributed by atoms with Gasteiger partial charge in [0, 0.05) is 22.3 Å². The van der Waals surface area contributed by atoms with E-state index in [1.165, 1.54) is 24.0 Å². The third-order valence-corrected chi connectivity index (χ3v) is 5.69. The first kappa shape index (κ1) is 20.9. The number of unbranched alkanes of at least 4 members (excludes halogenated alkanes) is 1. The topological polar surface area (TPSA) is 72.5 Å². The first-order valence-corrected chi connectivity index (χ1v) is 11.3. The summed E-state index contributed by atoms with van der Waals surface area (Å²) in [6, 6.07) is 24.3. The number of hydrazone groups is 1. The molecule has 0 bridgehead atoms. The summed E-state index contributed by atoms with van der Waals surface area (Å²) in [7, 11) is 0. The van der Waals surface area contributed by atoms with Gasteiger partial charge in [0.15, 0.2) is 0 Å². The lowest BCUT2D eigenvalue weighted by atomic mass is 10.1. The second kappa shape index (κ2) is 9.28. The second-order valence-electron chi connectivity index (χ2n) is 8.25. The molecule has 0 fully saturated rings. The van der Waals surface area contributed by atoms with E-state index in [0.29, 0.717) is 17.7 Å². The van der Waals surface area contributed by atoms with Gasteiger partial charge < -0.3 is 9.15 Å². The van der Waals surface area contributed by atoms with E-state index in [2.05, 4.69) is 58.8 Å². The summed E-state index contributed by atoms with van der Waals surface area (Å²) < 4.78 is 12.0. The average molecular weight is 439 g/mol. The molecule has 6 heteroatoms. The van der Waals surface area contributed by atoms with Gasteiger partial charge in [0.1, 0.15) is 0 Å². The zero-order chi connectivity index (χ0) is 22.6. The summed E-state index contributed by atoms with van der Waals surface area (Å²) in [5.41, 5.74) is 9.18. The molecule has 3 aromatic carbocycles. The van der Waals surface area contributed by atoms with Gasteiger partial charge in [-0.05, 0) is 55.7 Å². The largest absolute Gasteiger partial charge is 0.446 e. The van der Waals surface area contributed by atoms with Gasteiger partial charge in [-0.25, -0.2) is 0 Å². The molecular weight excluding hydrogens is 412 g/mol. The lowest BCUT2D eigenvalue weighted by Gasteiger charge is -2.11. The lowest BCUT2D eigenvalue weighted by Crippen LogP contribution is -2.12. The van der Waals surface area contributed by atoms with Crippen LogP contribution in [0.4, 0.5) is 0 Å². The zero-order valence-electron chi connectivity index (χ0n) is 18.8. The van der Waals surface area contributed by atoms with Crippen molar-refractivity contribution >= 4 is 5.90 Å². The highest BCUT2D eigenvalue weighted by atomic mass is 16.5. The highest BCUT2D eigenvalue weighted by Crippen LogP contribution is 2.27. The van der Waals surface area contributed by atoms with Gasteiger partial charge >= 0.3 is 0 Å². The van der Waals surface area contributed by atoms with Crippen LogP contribution in [0.1, 0.15) is 48.2 Å². The lowest BCUT2D eigenvalue weighted by molar-refractivity contribution is 0.192. The molecule has 1 aromatic heterocycles. The van der Waals surface area contributed by atoms with Gasteiger partial charge in [0.2, 0.25) is 23.9 Å². The Bertz CT molecular complexity index is 1260. The normalized spacial score (nSPS) is 15.1. The molecule has 0 radical (unpaired) electrons. The van der Waals surface area contributed by atoms with Crippen molar-refractivity contribution in [2.24, 2.45) is 5.10 Å². The van der Waals surface area contributed by atoms with Crippen LogP contribution in [-0.2, 0) is 11.2 Å². The molecule has 0 saturated heterocycles. The number of ether oxygens (including phenoxy) is 1. The molecule has 1 unspecified atom stereocenters. The highest BCUT2D eigenvalue weighted by Gasteiger charge is 2.23. The third kappa shape index (κ3) is 4.65. The van der Waals surface area contributed by atoms with Crippen molar-refractivity contribution in [1.29, 1.82) is 0 Å². The van der Waals surface area contributed by atoms with Crippen LogP contribution in [0.2, 0.25) is 0 Å². The van der Waals surface area contributed by atoms with Crippen LogP contribution in [0.3, 0.4) is 0 Å². The third-order valence-electron chi connectivity index (χ3n) is 5.69. The predicted molar refractivity (Wildman–Crippen MR) is 128 cm³/mol. The highest BCUT2D eigenvalue weighted by molar-refractivity contribution is 5.95. The van der Waals surface area contributed by atoms with Crippen LogP contribution in [0.5, 0.6) is 0 Å². The van der Waals surface area contributed by atoms with Gasteiger partial charge in [0.05, 0.1) is 0 Å². The number of aryl methyl sites for hydroxylation is 2. The predicted octanol–water partition coefficient (Wildman–Crippen LogP) is 6.03. The van der Waals surface area contributed by atoms with Crippen LogP contribution in [-0.4, -0.2) is 16.1 Å². The quantitative estimate of drug-likeness (QED) is 0.381. The summed E-state index contributed by atoms with van der Waals surface area (Å²) in [6.07, 6.45) is 3.16. The Balaban J connectivity index is 1.31. The van der Waals surface area contributed by atoms with Gasteiger partial charge in [-0.15, -0.1) is 15.3 Å². The average Bonchev–Trinajstić information content (AvgIpc) is 3.54. The van der Waals surface area contributed by atoms with E-state index in [-0.39, 0.29) is 6.23 Å². The second-order valence-corrected chi connectivity index (χ2v) is 8.25. The minimum absolute atomic E-state index is 0.306. The van der Waals surface area contributed by atoms with Crippen molar-refractivity contribution in [1.82, 2.24) is 15.6 Å². The van der Waals surface area contributed by atoms with Crippen LogP contribution in [0.15, 0.2) is 82.3 Å². The number of hydrogen-bond acceptors (Lipinski definition) is 6. The van der Waals surface area contributed by atoms with Crippen LogP contribution in [0, 0.1) is 6.92 Å². The number of benzene rings is 3. The number of nitrogens with one attached hydrogen (secondary N) is 1. The Morgan fingerprint density at radius 1 is 0.848 bits per heavy atom. The molecule has 33 heavy (non-hydrogen) atoms. The Morgan fingerprint density at radius 3 is 2.33 bits per heavy atom. The SMILES string of the molecule is CCCCc1ccc(-c2nnc(-c3cccc(C4=NNC(c5ccc(C)cc5)O4)c3)o2)cc1. The number of aromatic nitrogens is 2. The van der Waals surface area contributed by atoms with Crippen molar-refractivity contribution in [2.45, 2.75) is 39.3 Å². The molecule has 166 valence electrons. The summed E-state index contributed by atoms with van der Waals surface area (Å²) >= 11 is 0. The Morgan fingerprint density at radius 2 is 1.58 bits per heavy atom. The van der Waals surface area contributed by atoms with E-state index in [1.54, 1.807) is 0 Å². The Hall–Kier alpha value is -3.93. The van der Waals surface area contributed by atoms with Crippen molar-refractivity contribution in [3.8, 4) is 22.9 Å². The molecule has 4 aromatic rings. The van der Waals surface area contributed by atoms with E-state index in [1.807, 2.05) is 48.5 Å². The molecule has 5 rings (SSSR count). The minimum atomic E-state index is -0.306. The molecule has 2 heterocycles. The first-order valence-electron chi connectivity index (χ1n) is 11.3. The van der Waals surface area contributed by atoms with Gasteiger partial charge in [-0.2, -0.15) is 0 Å². The molecule has 0 spiro atoms. The number of rotatable bonds is 7. The number of nitrogens with zero attached hydrogens (tertiary/aromatic N) is 3. The summed E-state index contributed by atoms with van der Waals surface area (Å²) in [4.78, 5) is 0. The first-order chi connectivity index (χ1) is 16.2. The summed E-state index contributed by atoms with van der Waals surface area (Å²) in [6.45, 7) is 4.26. The van der Waals surface area contributed by atoms with E-state index in [0.717, 1.165) is 28.7 Å². The smallest absolute Gasteiger partial charge is 0.248 e. The van der Waals surface area contributed by atoms with Gasteiger partial charge in [-0.3, -0.25) is 5.43 Å². The summed E-state index contributed by atoms with van der Waals surface area (Å²) in [5, 5.41) is 12.9. The van der Waals surface area contributed by atoms with Crippen molar-refractivity contribution in [2.75, 3.05) is 0 Å². The fraction of sp³-hybridized carbons (Fsp3) is 0.222. The van der Waals surface area contributed by atoms with Crippen molar-refractivity contribution < 1.29 is 9.15 Å². The van der Waals surface area contributed by atoms with Gasteiger partial charge in [0.25, 0.3) is 0 Å². The maximum absolute atomic E-state index is 6.05. The molecule has 0 saturated carbocycles. The fourth-order valence-electron chi connectivity index (χ4n) is 3.73. The fourth-order valence-corrected chi connectivity index (χ4v) is 3.73. The Labute approximate surface area is 193 Å². The van der Waals surface area contributed by atoms with E-state index in [4.69, 9.17) is 9.15 Å². The molecule has 0 amide bonds. The van der Waals surface area contributed by atoms with E-state index < -0.39 is 0 Å². The van der Waals surface area contributed by atoms with E-state index in [9.17, 15) is 0 Å². The molecular formula is C27H26N4O2. The van der Waals surface area contributed by atoms with Crippen LogP contribution < -0.4 is 5.43 Å². The van der Waals surface area contributed by atoms with Crippen molar-refractivity contribution in [3.63, 3.8) is 0 Å². The minimum Gasteiger partial charge on any atom is -0.446 e. The van der Waals surface area contributed by atoms with E-state index >= 15 is 0 Å². The summed E-state index contributed by atoms with van der Waals surface area (Å²) in [5.74, 6) is 1.50.